The minimum Gasteiger partial charge on any atom is -0.334 e. The Labute approximate surface area is 150 Å². The van der Waals surface area contributed by atoms with Crippen molar-refractivity contribution in [2.45, 2.75) is 18.9 Å². The molecule has 1 unspecified atom stereocenters. The number of amides is 1. The van der Waals surface area contributed by atoms with Gasteiger partial charge in [-0.05, 0) is 48.2 Å². The van der Waals surface area contributed by atoms with Crippen molar-refractivity contribution < 1.29 is 18.0 Å². The van der Waals surface area contributed by atoms with Gasteiger partial charge in [-0.1, -0.05) is 12.1 Å². The minimum absolute atomic E-state index is 0. The molecule has 0 aromatic heterocycles. The quantitative estimate of drug-likeness (QED) is 0.836. The third-order valence-electron chi connectivity index (χ3n) is 4.36. The molecule has 0 radical (unpaired) electrons. The average Bonchev–Trinajstić information content (AvgIpc) is 3.07. The molecule has 1 aliphatic rings. The van der Waals surface area contributed by atoms with Crippen LogP contribution in [0.15, 0.2) is 36.4 Å². The van der Waals surface area contributed by atoms with Crippen LogP contribution in [0.1, 0.15) is 23.2 Å². The summed E-state index contributed by atoms with van der Waals surface area (Å²) in [5.74, 6) is -4.08. The maximum Gasteiger partial charge on any atom is 0.254 e. The maximum absolute atomic E-state index is 13.3. The Morgan fingerprint density at radius 3 is 2.24 bits per heavy atom. The molecular formula is C18H18ClF3N2O. The zero-order valence-electron chi connectivity index (χ0n) is 13.3. The Kier molecular flexibility index (Phi) is 6.08. The molecule has 0 aliphatic carbocycles. The lowest BCUT2D eigenvalue weighted by atomic mass is 10.0. The minimum atomic E-state index is -1.49. The number of hydrogen-bond acceptors (Lipinski definition) is 2. The highest BCUT2D eigenvalue weighted by molar-refractivity contribution is 5.95. The van der Waals surface area contributed by atoms with Gasteiger partial charge in [0.05, 0.1) is 0 Å². The molecule has 1 atom stereocenters. The third kappa shape index (κ3) is 3.80. The van der Waals surface area contributed by atoms with Crippen LogP contribution in [0.25, 0.3) is 11.1 Å². The fraction of sp³-hybridized carbons (Fsp3) is 0.278. The second-order valence-corrected chi connectivity index (χ2v) is 5.86. The first-order chi connectivity index (χ1) is 11.5. The molecule has 134 valence electrons. The van der Waals surface area contributed by atoms with Crippen LogP contribution < -0.4 is 5.73 Å². The number of carbonyl (C=O) groups is 1. The monoisotopic (exact) mass is 370 g/mol. The van der Waals surface area contributed by atoms with Crippen molar-refractivity contribution in [3.8, 4) is 11.1 Å². The van der Waals surface area contributed by atoms with Crippen LogP contribution in [0, 0.1) is 17.5 Å². The molecule has 0 bridgehead atoms. The van der Waals surface area contributed by atoms with Gasteiger partial charge in [0, 0.05) is 24.7 Å². The molecule has 2 aromatic carbocycles. The smallest absolute Gasteiger partial charge is 0.254 e. The van der Waals surface area contributed by atoms with Crippen molar-refractivity contribution in [1.82, 2.24) is 4.90 Å². The fourth-order valence-electron chi connectivity index (χ4n) is 3.04. The van der Waals surface area contributed by atoms with Gasteiger partial charge in [-0.15, -0.1) is 12.4 Å². The largest absolute Gasteiger partial charge is 0.334 e. The van der Waals surface area contributed by atoms with E-state index in [1.54, 1.807) is 29.2 Å². The van der Waals surface area contributed by atoms with E-state index >= 15 is 0 Å². The lowest BCUT2D eigenvalue weighted by Crippen LogP contribution is -2.39. The Morgan fingerprint density at radius 1 is 1.08 bits per heavy atom. The number of halogens is 4. The van der Waals surface area contributed by atoms with Gasteiger partial charge in [0.2, 0.25) is 0 Å². The van der Waals surface area contributed by atoms with E-state index in [0.717, 1.165) is 25.0 Å². The molecule has 3 rings (SSSR count). The van der Waals surface area contributed by atoms with Gasteiger partial charge in [0.25, 0.3) is 5.91 Å². The normalized spacial score (nSPS) is 16.6. The Balaban J connectivity index is 0.00000225. The van der Waals surface area contributed by atoms with Crippen molar-refractivity contribution >= 4 is 18.3 Å². The summed E-state index contributed by atoms with van der Waals surface area (Å²) >= 11 is 0. The van der Waals surface area contributed by atoms with Crippen molar-refractivity contribution in [1.29, 1.82) is 0 Å². The van der Waals surface area contributed by atoms with Crippen LogP contribution in [-0.2, 0) is 0 Å². The van der Waals surface area contributed by atoms with Gasteiger partial charge < -0.3 is 10.6 Å². The predicted octanol–water partition coefficient (Wildman–Crippen LogP) is 3.76. The Morgan fingerprint density at radius 2 is 1.68 bits per heavy atom. The first-order valence-corrected chi connectivity index (χ1v) is 7.77. The molecule has 7 heteroatoms. The molecule has 1 aliphatic heterocycles. The van der Waals surface area contributed by atoms with E-state index in [0.29, 0.717) is 24.2 Å². The van der Waals surface area contributed by atoms with E-state index < -0.39 is 17.5 Å². The topological polar surface area (TPSA) is 46.3 Å². The summed E-state index contributed by atoms with van der Waals surface area (Å²) in [6.45, 7) is 1.11. The maximum atomic E-state index is 13.3. The summed E-state index contributed by atoms with van der Waals surface area (Å²) in [7, 11) is 0. The van der Waals surface area contributed by atoms with Crippen LogP contribution in [0.4, 0.5) is 13.2 Å². The molecule has 1 fully saturated rings. The Hall–Kier alpha value is -2.05. The zero-order valence-corrected chi connectivity index (χ0v) is 14.2. The SMILES string of the molecule is Cl.NCC1CCCN1C(=O)c1ccc(-c2cc(F)c(F)c(F)c2)cc1. The van der Waals surface area contributed by atoms with E-state index in [2.05, 4.69) is 0 Å². The van der Waals surface area contributed by atoms with E-state index in [1.165, 1.54) is 0 Å². The van der Waals surface area contributed by atoms with Gasteiger partial charge in [0.15, 0.2) is 17.5 Å². The summed E-state index contributed by atoms with van der Waals surface area (Å²) in [6, 6.07) is 8.29. The fourth-order valence-corrected chi connectivity index (χ4v) is 3.04. The first kappa shape index (κ1) is 19.3. The number of carbonyl (C=O) groups excluding carboxylic acids is 1. The molecule has 0 saturated carbocycles. The molecule has 1 amide bonds. The molecule has 2 N–H and O–H groups in total. The van der Waals surface area contributed by atoms with Gasteiger partial charge in [-0.2, -0.15) is 0 Å². The van der Waals surface area contributed by atoms with Gasteiger partial charge >= 0.3 is 0 Å². The lowest BCUT2D eigenvalue weighted by molar-refractivity contribution is 0.0741. The molecule has 2 aromatic rings. The third-order valence-corrected chi connectivity index (χ3v) is 4.36. The number of hydrogen-bond donors (Lipinski definition) is 1. The van der Waals surface area contributed by atoms with Gasteiger partial charge in [-0.3, -0.25) is 4.79 Å². The summed E-state index contributed by atoms with van der Waals surface area (Å²) in [4.78, 5) is 14.3. The van der Waals surface area contributed by atoms with Crippen molar-refractivity contribution in [3.05, 3.63) is 59.4 Å². The second-order valence-electron chi connectivity index (χ2n) is 5.86. The highest BCUT2D eigenvalue weighted by Gasteiger charge is 2.28. The molecule has 1 heterocycles. The molecule has 3 nitrogen and oxygen atoms in total. The average molecular weight is 371 g/mol. The van der Waals surface area contributed by atoms with E-state index in [1.807, 2.05) is 0 Å². The number of likely N-dealkylation sites (tertiary alicyclic amines) is 1. The molecular weight excluding hydrogens is 353 g/mol. The van der Waals surface area contributed by atoms with Crippen LogP contribution in [-0.4, -0.2) is 29.9 Å². The molecule has 0 spiro atoms. The Bertz CT molecular complexity index is 744. The van der Waals surface area contributed by atoms with Crippen LogP contribution in [0.5, 0.6) is 0 Å². The summed E-state index contributed by atoms with van der Waals surface area (Å²) < 4.78 is 39.7. The number of rotatable bonds is 3. The van der Waals surface area contributed by atoms with Crippen LogP contribution in [0.3, 0.4) is 0 Å². The van der Waals surface area contributed by atoms with Crippen LogP contribution in [0.2, 0.25) is 0 Å². The summed E-state index contributed by atoms with van der Waals surface area (Å²) in [6.07, 6.45) is 1.83. The first-order valence-electron chi connectivity index (χ1n) is 7.77. The van der Waals surface area contributed by atoms with Crippen molar-refractivity contribution in [2.75, 3.05) is 13.1 Å². The van der Waals surface area contributed by atoms with E-state index in [9.17, 15) is 18.0 Å². The van der Waals surface area contributed by atoms with Crippen molar-refractivity contribution in [2.24, 2.45) is 5.73 Å². The molecule has 25 heavy (non-hydrogen) atoms. The highest BCUT2D eigenvalue weighted by Crippen LogP contribution is 2.25. The van der Waals surface area contributed by atoms with Gasteiger partial charge in [-0.25, -0.2) is 13.2 Å². The number of nitrogens with zero attached hydrogens (tertiary/aromatic N) is 1. The predicted molar refractivity (Wildman–Crippen MR) is 92.1 cm³/mol. The van der Waals surface area contributed by atoms with Crippen molar-refractivity contribution in [3.63, 3.8) is 0 Å². The number of nitrogens with two attached hydrogens (primary N) is 1. The van der Waals surface area contributed by atoms with Gasteiger partial charge in [0.1, 0.15) is 0 Å². The standard InChI is InChI=1S/C18H17F3N2O.ClH/c19-15-8-13(9-16(20)17(15)21)11-3-5-12(6-4-11)18(24)23-7-1-2-14(23)10-22;/h3-6,8-9,14H,1-2,7,10,22H2;1H. The summed E-state index contributed by atoms with van der Waals surface area (Å²) in [5, 5.41) is 0. The lowest BCUT2D eigenvalue weighted by Gasteiger charge is -2.23. The van der Waals surface area contributed by atoms with Crippen LogP contribution >= 0.6 is 12.4 Å². The molecule has 1 saturated heterocycles. The van der Waals surface area contributed by atoms with E-state index in [4.69, 9.17) is 5.73 Å². The zero-order chi connectivity index (χ0) is 17.3. The highest BCUT2D eigenvalue weighted by atomic mass is 35.5. The van der Waals surface area contributed by atoms with E-state index in [-0.39, 0.29) is 29.9 Å². The summed E-state index contributed by atoms with van der Waals surface area (Å²) in [5.41, 5.74) is 6.89. The number of benzene rings is 2. The second kappa shape index (κ2) is 7.89.